The summed E-state index contributed by atoms with van der Waals surface area (Å²) in [6, 6.07) is 6.47. The van der Waals surface area contributed by atoms with E-state index in [2.05, 4.69) is 0 Å². The fourth-order valence-corrected chi connectivity index (χ4v) is 3.61. The van der Waals surface area contributed by atoms with Gasteiger partial charge < -0.3 is 10.5 Å². The molecule has 2 rings (SSSR count). The van der Waals surface area contributed by atoms with Crippen molar-refractivity contribution in [3.63, 3.8) is 0 Å². The molecule has 1 aliphatic rings. The molecule has 1 saturated carbocycles. The maximum Gasteiger partial charge on any atom is 0.306 e. The highest BCUT2D eigenvalue weighted by Gasteiger charge is 2.44. The zero-order valence-corrected chi connectivity index (χ0v) is 12.4. The zero-order chi connectivity index (χ0) is 14.6. The summed E-state index contributed by atoms with van der Waals surface area (Å²) in [5.41, 5.74) is 6.94. The Hall–Kier alpha value is -1.07. The summed E-state index contributed by atoms with van der Waals surface area (Å²) in [4.78, 5) is 11.4. The number of hydrogen-bond donors (Lipinski definition) is 1. The summed E-state index contributed by atoms with van der Waals surface area (Å²) < 4.78 is 17.7. The van der Waals surface area contributed by atoms with Gasteiger partial charge in [0.05, 0.1) is 13.5 Å². The topological polar surface area (TPSA) is 52.3 Å². The van der Waals surface area contributed by atoms with Crippen LogP contribution in [0.25, 0.3) is 0 Å². The number of benzene rings is 1. The number of ether oxygens (including phenoxy) is 1. The average molecular weight is 297 g/mol. The molecule has 1 unspecified atom stereocenters. The molecule has 2 N–H and O–H groups in total. The SMILES string of the molecule is COC(=O)CC1(CSC(CN)c2ccc(F)cc2)CC1. The van der Waals surface area contributed by atoms with E-state index in [0.717, 1.165) is 24.2 Å². The first-order chi connectivity index (χ1) is 9.58. The third-order valence-corrected chi connectivity index (χ3v) is 5.40. The maximum absolute atomic E-state index is 12.9. The minimum Gasteiger partial charge on any atom is -0.469 e. The molecule has 0 bridgehead atoms. The van der Waals surface area contributed by atoms with Gasteiger partial charge in [-0.1, -0.05) is 12.1 Å². The van der Waals surface area contributed by atoms with Crippen LogP contribution in [0.3, 0.4) is 0 Å². The Labute approximate surface area is 123 Å². The average Bonchev–Trinajstić information content (AvgIpc) is 3.21. The van der Waals surface area contributed by atoms with Crippen molar-refractivity contribution in [2.24, 2.45) is 11.1 Å². The third-order valence-electron chi connectivity index (χ3n) is 3.75. The van der Waals surface area contributed by atoms with Gasteiger partial charge in [-0.2, -0.15) is 11.8 Å². The lowest BCUT2D eigenvalue weighted by Crippen LogP contribution is -2.16. The van der Waals surface area contributed by atoms with Gasteiger partial charge in [-0.05, 0) is 36.0 Å². The third kappa shape index (κ3) is 3.96. The van der Waals surface area contributed by atoms with Crippen LogP contribution in [0.1, 0.15) is 30.1 Å². The quantitative estimate of drug-likeness (QED) is 0.786. The standard InChI is InChI=1S/C15H20FNO2S/c1-19-14(18)8-15(6-7-15)10-20-13(9-17)11-2-4-12(16)5-3-11/h2-5,13H,6-10,17H2,1H3. The molecule has 1 aliphatic carbocycles. The van der Waals surface area contributed by atoms with Crippen molar-refractivity contribution in [1.29, 1.82) is 0 Å². The highest BCUT2D eigenvalue weighted by atomic mass is 32.2. The Morgan fingerprint density at radius 2 is 2.10 bits per heavy atom. The predicted octanol–water partition coefficient (Wildman–Crippen LogP) is 2.90. The van der Waals surface area contributed by atoms with Crippen LogP contribution in [0.15, 0.2) is 24.3 Å². The molecule has 110 valence electrons. The molecule has 0 heterocycles. The van der Waals surface area contributed by atoms with Gasteiger partial charge in [-0.3, -0.25) is 4.79 Å². The first-order valence-electron chi connectivity index (χ1n) is 6.72. The molecular weight excluding hydrogens is 277 g/mol. The van der Waals surface area contributed by atoms with Gasteiger partial charge in [0.25, 0.3) is 0 Å². The van der Waals surface area contributed by atoms with Crippen molar-refractivity contribution in [1.82, 2.24) is 0 Å². The zero-order valence-electron chi connectivity index (χ0n) is 11.6. The second kappa shape index (κ2) is 6.59. The lowest BCUT2D eigenvalue weighted by Gasteiger charge is -2.19. The molecule has 3 nitrogen and oxygen atoms in total. The van der Waals surface area contributed by atoms with Crippen LogP contribution in [0.5, 0.6) is 0 Å². The van der Waals surface area contributed by atoms with E-state index in [1.807, 2.05) is 0 Å². The minimum absolute atomic E-state index is 0.0885. The summed E-state index contributed by atoms with van der Waals surface area (Å²) in [5, 5.41) is 0.144. The van der Waals surface area contributed by atoms with Crippen LogP contribution in [0.2, 0.25) is 0 Å². The Morgan fingerprint density at radius 3 is 2.60 bits per heavy atom. The van der Waals surface area contributed by atoms with E-state index in [4.69, 9.17) is 10.5 Å². The van der Waals surface area contributed by atoms with Gasteiger partial charge in [0.1, 0.15) is 5.82 Å². The van der Waals surface area contributed by atoms with Gasteiger partial charge in [0.2, 0.25) is 0 Å². The summed E-state index contributed by atoms with van der Waals surface area (Å²) >= 11 is 1.75. The van der Waals surface area contributed by atoms with Gasteiger partial charge in [0.15, 0.2) is 0 Å². The fourth-order valence-electron chi connectivity index (χ4n) is 2.18. The number of methoxy groups -OCH3 is 1. The van der Waals surface area contributed by atoms with E-state index in [9.17, 15) is 9.18 Å². The van der Waals surface area contributed by atoms with Crippen LogP contribution >= 0.6 is 11.8 Å². The second-order valence-electron chi connectivity index (χ2n) is 5.34. The lowest BCUT2D eigenvalue weighted by molar-refractivity contribution is -0.141. The summed E-state index contributed by atoms with van der Waals surface area (Å²) in [7, 11) is 1.42. The van der Waals surface area contributed by atoms with Gasteiger partial charge >= 0.3 is 5.97 Å². The number of thioether (sulfide) groups is 1. The molecule has 20 heavy (non-hydrogen) atoms. The van der Waals surface area contributed by atoms with Crippen LogP contribution < -0.4 is 5.73 Å². The van der Waals surface area contributed by atoms with Crippen molar-refractivity contribution in [2.45, 2.75) is 24.5 Å². The number of halogens is 1. The molecule has 0 aliphatic heterocycles. The fraction of sp³-hybridized carbons (Fsp3) is 0.533. The molecule has 1 atom stereocenters. The van der Waals surface area contributed by atoms with E-state index in [1.54, 1.807) is 23.9 Å². The summed E-state index contributed by atoms with van der Waals surface area (Å²) in [6.07, 6.45) is 2.61. The molecule has 1 aromatic carbocycles. The molecule has 1 aromatic rings. The summed E-state index contributed by atoms with van der Waals surface area (Å²) in [6.45, 7) is 0.505. The largest absolute Gasteiger partial charge is 0.469 e. The molecule has 0 saturated heterocycles. The number of carbonyl (C=O) groups excluding carboxylic acids is 1. The molecule has 1 fully saturated rings. The molecule has 0 spiro atoms. The Morgan fingerprint density at radius 1 is 1.45 bits per heavy atom. The van der Waals surface area contributed by atoms with E-state index < -0.39 is 0 Å². The van der Waals surface area contributed by atoms with Gasteiger partial charge in [0, 0.05) is 17.5 Å². The van der Waals surface area contributed by atoms with E-state index in [0.29, 0.717) is 13.0 Å². The smallest absolute Gasteiger partial charge is 0.306 e. The van der Waals surface area contributed by atoms with Crippen LogP contribution in [-0.4, -0.2) is 25.4 Å². The Bertz CT molecular complexity index is 459. The maximum atomic E-state index is 12.9. The molecule has 0 amide bonds. The van der Waals surface area contributed by atoms with Crippen molar-refractivity contribution in [2.75, 3.05) is 19.4 Å². The lowest BCUT2D eigenvalue weighted by atomic mass is 10.1. The van der Waals surface area contributed by atoms with Crippen LogP contribution in [0, 0.1) is 11.2 Å². The minimum atomic E-state index is -0.237. The molecule has 5 heteroatoms. The van der Waals surface area contributed by atoms with Crippen molar-refractivity contribution in [3.8, 4) is 0 Å². The van der Waals surface area contributed by atoms with Gasteiger partial charge in [-0.15, -0.1) is 0 Å². The van der Waals surface area contributed by atoms with E-state index in [1.165, 1.54) is 19.2 Å². The predicted molar refractivity (Wildman–Crippen MR) is 79.0 cm³/mol. The van der Waals surface area contributed by atoms with Crippen molar-refractivity contribution >= 4 is 17.7 Å². The van der Waals surface area contributed by atoms with E-state index in [-0.39, 0.29) is 22.5 Å². The first kappa shape index (κ1) is 15.3. The number of esters is 1. The van der Waals surface area contributed by atoms with E-state index >= 15 is 0 Å². The number of nitrogens with two attached hydrogens (primary N) is 1. The number of rotatable bonds is 7. The van der Waals surface area contributed by atoms with Gasteiger partial charge in [-0.25, -0.2) is 4.39 Å². The highest BCUT2D eigenvalue weighted by molar-refractivity contribution is 7.99. The highest BCUT2D eigenvalue weighted by Crippen LogP contribution is 2.52. The normalized spacial score (nSPS) is 17.6. The number of hydrogen-bond acceptors (Lipinski definition) is 4. The molecule has 0 radical (unpaired) electrons. The first-order valence-corrected chi connectivity index (χ1v) is 7.77. The van der Waals surface area contributed by atoms with Crippen molar-refractivity contribution < 1.29 is 13.9 Å². The molecule has 0 aromatic heterocycles. The summed E-state index contributed by atoms with van der Waals surface area (Å²) in [5.74, 6) is 0.509. The molecular formula is C15H20FNO2S. The monoisotopic (exact) mass is 297 g/mol. The number of carbonyl (C=O) groups is 1. The van der Waals surface area contributed by atoms with Crippen LogP contribution in [0.4, 0.5) is 4.39 Å². The van der Waals surface area contributed by atoms with Crippen LogP contribution in [-0.2, 0) is 9.53 Å². The van der Waals surface area contributed by atoms with Crippen molar-refractivity contribution in [3.05, 3.63) is 35.6 Å². The Balaban J connectivity index is 1.91. The Kier molecular flexibility index (Phi) is 5.05. The second-order valence-corrected chi connectivity index (χ2v) is 6.53.